The fourth-order valence-corrected chi connectivity index (χ4v) is 1.07. The highest BCUT2D eigenvalue weighted by atomic mass is 16.4. The fraction of sp³-hybridized carbons (Fsp3) is 0.100. The Bertz CT molecular complexity index is 428. The van der Waals surface area contributed by atoms with Crippen LogP contribution in [0.5, 0.6) is 0 Å². The molecule has 0 aliphatic heterocycles. The second-order valence-corrected chi connectivity index (χ2v) is 3.10. The Morgan fingerprint density at radius 1 is 1.35 bits per heavy atom. The van der Waals surface area contributed by atoms with Gasteiger partial charge in [0, 0.05) is 5.69 Å². The predicted octanol–water partition coefficient (Wildman–Crippen LogP) is 0.185. The molecule has 90 valence electrons. The number of amides is 2. The van der Waals surface area contributed by atoms with E-state index in [1.54, 1.807) is 24.3 Å². The van der Waals surface area contributed by atoms with Crippen LogP contribution in [0.15, 0.2) is 29.4 Å². The van der Waals surface area contributed by atoms with Gasteiger partial charge in [-0.05, 0) is 17.7 Å². The Morgan fingerprint density at radius 2 is 2.00 bits per heavy atom. The van der Waals surface area contributed by atoms with E-state index in [0.29, 0.717) is 5.69 Å². The van der Waals surface area contributed by atoms with Crippen LogP contribution in [0.4, 0.5) is 10.5 Å². The molecule has 0 aliphatic rings. The highest BCUT2D eigenvalue weighted by molar-refractivity contribution is 5.91. The number of nitrogens with two attached hydrogens (primary N) is 1. The Balaban J connectivity index is 2.51. The highest BCUT2D eigenvalue weighted by Crippen LogP contribution is 2.07. The van der Waals surface area contributed by atoms with Gasteiger partial charge in [0.25, 0.3) is 0 Å². The lowest BCUT2D eigenvalue weighted by molar-refractivity contribution is -0.135. The molecule has 1 aromatic carbocycles. The summed E-state index contributed by atoms with van der Waals surface area (Å²) in [7, 11) is 0. The van der Waals surface area contributed by atoms with Gasteiger partial charge >= 0.3 is 12.0 Å². The van der Waals surface area contributed by atoms with Gasteiger partial charge < -0.3 is 21.6 Å². The van der Waals surface area contributed by atoms with Crippen LogP contribution in [0.1, 0.15) is 5.56 Å². The van der Waals surface area contributed by atoms with Gasteiger partial charge in [0.05, 0.1) is 6.21 Å². The maximum Gasteiger partial charge on any atom is 0.323 e. The Labute approximate surface area is 97.3 Å². The molecule has 0 atom stereocenters. The first kappa shape index (κ1) is 12.5. The van der Waals surface area contributed by atoms with Crippen molar-refractivity contribution in [3.8, 4) is 0 Å². The van der Waals surface area contributed by atoms with Crippen molar-refractivity contribution in [2.45, 2.75) is 0 Å². The number of nitrogens with zero attached hydrogens (tertiary/aromatic N) is 1. The molecule has 1 rings (SSSR count). The minimum atomic E-state index is -1.10. The van der Waals surface area contributed by atoms with E-state index in [1.165, 1.54) is 6.21 Å². The minimum absolute atomic E-state index is 0.427. The Morgan fingerprint density at radius 3 is 2.53 bits per heavy atom. The summed E-state index contributed by atoms with van der Waals surface area (Å²) >= 11 is 0. The van der Waals surface area contributed by atoms with E-state index in [2.05, 4.69) is 15.7 Å². The Kier molecular flexibility index (Phi) is 4.49. The van der Waals surface area contributed by atoms with Gasteiger partial charge in [-0.2, -0.15) is 5.10 Å². The summed E-state index contributed by atoms with van der Waals surface area (Å²) in [6.07, 6.45) is 1.47. The molecule has 0 aromatic heterocycles. The number of anilines is 1. The fourth-order valence-electron chi connectivity index (χ4n) is 1.07. The zero-order valence-electron chi connectivity index (χ0n) is 8.88. The summed E-state index contributed by atoms with van der Waals surface area (Å²) in [4.78, 5) is 21.4. The number of rotatable bonds is 4. The molecule has 17 heavy (non-hydrogen) atoms. The Hall–Kier alpha value is -2.57. The first-order valence-corrected chi connectivity index (χ1v) is 4.72. The van der Waals surface area contributed by atoms with E-state index in [-0.39, 0.29) is 0 Å². The van der Waals surface area contributed by atoms with Crippen molar-refractivity contribution in [2.24, 2.45) is 10.9 Å². The third-order valence-corrected chi connectivity index (χ3v) is 1.79. The van der Waals surface area contributed by atoms with Gasteiger partial charge in [-0.15, -0.1) is 0 Å². The number of carbonyl (C=O) groups is 2. The number of carboxylic acid groups (broad SMARTS) is 1. The second-order valence-electron chi connectivity index (χ2n) is 3.10. The SMILES string of the molecule is NN=Cc1ccc(NC(=O)NCC(=O)O)cc1. The lowest BCUT2D eigenvalue weighted by Crippen LogP contribution is -2.33. The van der Waals surface area contributed by atoms with Crippen LogP contribution in [-0.2, 0) is 4.79 Å². The smallest absolute Gasteiger partial charge is 0.323 e. The van der Waals surface area contributed by atoms with Crippen LogP contribution in [0.25, 0.3) is 0 Å². The summed E-state index contributed by atoms with van der Waals surface area (Å²) in [6.45, 7) is -0.427. The zero-order valence-corrected chi connectivity index (χ0v) is 8.88. The molecule has 0 saturated carbocycles. The van der Waals surface area contributed by atoms with Crippen molar-refractivity contribution < 1.29 is 14.7 Å². The summed E-state index contributed by atoms with van der Waals surface area (Å²) in [6, 6.07) is 6.15. The lowest BCUT2D eigenvalue weighted by Gasteiger charge is -2.05. The molecule has 5 N–H and O–H groups in total. The van der Waals surface area contributed by atoms with Crippen LogP contribution < -0.4 is 16.5 Å². The molecule has 0 radical (unpaired) electrons. The maximum absolute atomic E-state index is 11.2. The number of urea groups is 1. The molecule has 0 saturated heterocycles. The van der Waals surface area contributed by atoms with E-state index in [0.717, 1.165) is 5.56 Å². The van der Waals surface area contributed by atoms with Crippen molar-refractivity contribution in [3.63, 3.8) is 0 Å². The number of carboxylic acids is 1. The second kappa shape index (κ2) is 6.11. The molecule has 7 heteroatoms. The highest BCUT2D eigenvalue weighted by Gasteiger charge is 2.03. The molecule has 0 heterocycles. The van der Waals surface area contributed by atoms with Gasteiger partial charge in [0.2, 0.25) is 0 Å². The average Bonchev–Trinajstić information content (AvgIpc) is 2.29. The number of hydrogen-bond acceptors (Lipinski definition) is 4. The third kappa shape index (κ3) is 4.65. The van der Waals surface area contributed by atoms with Crippen molar-refractivity contribution in [1.29, 1.82) is 0 Å². The monoisotopic (exact) mass is 236 g/mol. The molecular weight excluding hydrogens is 224 g/mol. The van der Waals surface area contributed by atoms with Gasteiger partial charge in [-0.1, -0.05) is 12.1 Å². The molecule has 0 spiro atoms. The van der Waals surface area contributed by atoms with Gasteiger partial charge in [-0.3, -0.25) is 4.79 Å². The minimum Gasteiger partial charge on any atom is -0.480 e. The van der Waals surface area contributed by atoms with Crippen LogP contribution in [-0.4, -0.2) is 29.9 Å². The number of carbonyl (C=O) groups excluding carboxylic acids is 1. The summed E-state index contributed by atoms with van der Waals surface area (Å²) in [5.74, 6) is 3.88. The molecule has 0 aliphatic carbocycles. The van der Waals surface area contributed by atoms with Gasteiger partial charge in [0.1, 0.15) is 6.54 Å². The molecule has 2 amide bonds. The zero-order chi connectivity index (χ0) is 12.7. The quantitative estimate of drug-likeness (QED) is 0.339. The first-order chi connectivity index (χ1) is 8.11. The van der Waals surface area contributed by atoms with Crippen LogP contribution in [0.3, 0.4) is 0 Å². The average molecular weight is 236 g/mol. The van der Waals surface area contributed by atoms with E-state index >= 15 is 0 Å². The summed E-state index contributed by atoms with van der Waals surface area (Å²) in [5.41, 5.74) is 1.34. The number of nitrogens with one attached hydrogen (secondary N) is 2. The first-order valence-electron chi connectivity index (χ1n) is 4.72. The summed E-state index contributed by atoms with van der Waals surface area (Å²) in [5, 5.41) is 16.4. The number of hydrogen-bond donors (Lipinski definition) is 4. The van der Waals surface area contributed by atoms with Crippen LogP contribution in [0.2, 0.25) is 0 Å². The molecular formula is C10H12N4O3. The molecule has 0 fully saturated rings. The molecule has 1 aromatic rings. The largest absolute Gasteiger partial charge is 0.480 e. The van der Waals surface area contributed by atoms with E-state index in [1.807, 2.05) is 0 Å². The maximum atomic E-state index is 11.2. The van der Waals surface area contributed by atoms with E-state index in [4.69, 9.17) is 10.9 Å². The number of hydrazone groups is 1. The van der Waals surface area contributed by atoms with Gasteiger partial charge in [0.15, 0.2) is 0 Å². The van der Waals surface area contributed by atoms with E-state index < -0.39 is 18.5 Å². The molecule has 0 bridgehead atoms. The molecule has 0 unspecified atom stereocenters. The standard InChI is InChI=1S/C10H12N4O3/c11-13-5-7-1-3-8(4-2-7)14-10(17)12-6-9(15)16/h1-5H,6,11H2,(H,15,16)(H2,12,14,17). The van der Waals surface area contributed by atoms with Crippen molar-refractivity contribution >= 4 is 23.9 Å². The van der Waals surface area contributed by atoms with Crippen LogP contribution in [0, 0.1) is 0 Å². The number of benzene rings is 1. The van der Waals surface area contributed by atoms with Crippen LogP contribution >= 0.6 is 0 Å². The van der Waals surface area contributed by atoms with Gasteiger partial charge in [-0.25, -0.2) is 4.79 Å². The van der Waals surface area contributed by atoms with E-state index in [9.17, 15) is 9.59 Å². The normalized spacial score (nSPS) is 10.1. The number of aliphatic carboxylic acids is 1. The lowest BCUT2D eigenvalue weighted by atomic mass is 10.2. The van der Waals surface area contributed by atoms with Crippen molar-refractivity contribution in [3.05, 3.63) is 29.8 Å². The van der Waals surface area contributed by atoms with Crippen molar-refractivity contribution in [2.75, 3.05) is 11.9 Å². The van der Waals surface area contributed by atoms with Crippen molar-refractivity contribution in [1.82, 2.24) is 5.32 Å². The third-order valence-electron chi connectivity index (χ3n) is 1.79. The summed E-state index contributed by atoms with van der Waals surface area (Å²) < 4.78 is 0. The topological polar surface area (TPSA) is 117 Å². The molecule has 7 nitrogen and oxygen atoms in total. The predicted molar refractivity (Wildman–Crippen MR) is 62.9 cm³/mol.